The molecule has 0 aliphatic carbocycles. The minimum atomic E-state index is -0.651. The molecule has 0 fully saturated rings. The molecular weight excluding hydrogens is 267 g/mol. The van der Waals surface area contributed by atoms with Gasteiger partial charge in [0.1, 0.15) is 5.82 Å². The summed E-state index contributed by atoms with van der Waals surface area (Å²) in [6, 6.07) is 5.59. The first-order valence-corrected chi connectivity index (χ1v) is 6.06. The molecule has 19 heavy (non-hydrogen) atoms. The highest BCUT2D eigenvalue weighted by Gasteiger charge is 2.31. The second-order valence-corrected chi connectivity index (χ2v) is 4.49. The van der Waals surface area contributed by atoms with Crippen molar-refractivity contribution in [2.45, 2.75) is 13.0 Å². The molecule has 6 heteroatoms. The molecule has 1 aromatic carbocycles. The molecule has 1 aliphatic rings. The number of thiocarbonyl (C=S) groups is 1. The topological polar surface area (TPSA) is 50.4 Å². The number of hydrogen-bond acceptors (Lipinski definition) is 3. The molecule has 0 aromatic heterocycles. The van der Waals surface area contributed by atoms with E-state index in [1.165, 1.54) is 13.2 Å². The van der Waals surface area contributed by atoms with Crippen LogP contribution in [0.4, 0.5) is 4.39 Å². The van der Waals surface area contributed by atoms with Gasteiger partial charge >= 0.3 is 5.97 Å². The average Bonchev–Trinajstić information content (AvgIpc) is 2.37. The molecule has 0 radical (unpaired) electrons. The molecule has 1 unspecified atom stereocenters. The molecule has 0 bridgehead atoms. The van der Waals surface area contributed by atoms with Crippen molar-refractivity contribution in [1.82, 2.24) is 10.6 Å². The lowest BCUT2D eigenvalue weighted by Gasteiger charge is -2.29. The molecule has 1 aliphatic heterocycles. The maximum absolute atomic E-state index is 13.9. The van der Waals surface area contributed by atoms with Gasteiger partial charge in [-0.15, -0.1) is 0 Å². The molecule has 2 N–H and O–H groups in total. The van der Waals surface area contributed by atoms with Crippen LogP contribution in [0.3, 0.4) is 0 Å². The van der Waals surface area contributed by atoms with Gasteiger partial charge in [0.2, 0.25) is 0 Å². The first-order valence-electron chi connectivity index (χ1n) is 5.65. The van der Waals surface area contributed by atoms with Gasteiger partial charge in [0.25, 0.3) is 0 Å². The van der Waals surface area contributed by atoms with Crippen molar-refractivity contribution >= 4 is 23.3 Å². The zero-order valence-electron chi connectivity index (χ0n) is 10.5. The van der Waals surface area contributed by atoms with Crippen LogP contribution in [0.1, 0.15) is 18.5 Å². The van der Waals surface area contributed by atoms with Crippen molar-refractivity contribution in [3.8, 4) is 0 Å². The third-order valence-corrected chi connectivity index (χ3v) is 3.11. The lowest BCUT2D eigenvalue weighted by molar-refractivity contribution is -0.136. The number of carbonyl (C=O) groups is 1. The summed E-state index contributed by atoms with van der Waals surface area (Å²) in [6.07, 6.45) is 0. The summed E-state index contributed by atoms with van der Waals surface area (Å²) < 4.78 is 18.6. The minimum Gasteiger partial charge on any atom is -0.466 e. The van der Waals surface area contributed by atoms with Crippen LogP contribution in [-0.2, 0) is 9.53 Å². The van der Waals surface area contributed by atoms with Crippen LogP contribution in [0.5, 0.6) is 0 Å². The van der Waals surface area contributed by atoms with Crippen LogP contribution in [0.25, 0.3) is 0 Å². The molecule has 100 valence electrons. The number of benzene rings is 1. The number of halogens is 1. The molecular formula is C13H13FN2O2S. The molecule has 1 atom stereocenters. The van der Waals surface area contributed by atoms with E-state index in [0.29, 0.717) is 21.9 Å². The third kappa shape index (κ3) is 2.58. The van der Waals surface area contributed by atoms with Crippen molar-refractivity contribution in [2.75, 3.05) is 7.11 Å². The summed E-state index contributed by atoms with van der Waals surface area (Å²) in [5.41, 5.74) is 1.23. The van der Waals surface area contributed by atoms with Gasteiger partial charge in [-0.2, -0.15) is 0 Å². The molecule has 0 spiro atoms. The summed E-state index contributed by atoms with van der Waals surface area (Å²) in [5, 5.41) is 6.08. The fourth-order valence-electron chi connectivity index (χ4n) is 2.02. The molecule has 0 saturated carbocycles. The van der Waals surface area contributed by atoms with Crippen LogP contribution in [-0.4, -0.2) is 18.2 Å². The van der Waals surface area contributed by atoms with Crippen LogP contribution in [0, 0.1) is 5.82 Å². The van der Waals surface area contributed by atoms with E-state index in [4.69, 9.17) is 17.0 Å². The first kappa shape index (κ1) is 13.5. The Bertz CT molecular complexity index is 572. The van der Waals surface area contributed by atoms with E-state index < -0.39 is 17.8 Å². The Morgan fingerprint density at radius 2 is 2.11 bits per heavy atom. The molecule has 1 heterocycles. The van der Waals surface area contributed by atoms with E-state index in [9.17, 15) is 9.18 Å². The summed E-state index contributed by atoms with van der Waals surface area (Å²) in [7, 11) is 1.29. The van der Waals surface area contributed by atoms with Gasteiger partial charge in [-0.25, -0.2) is 9.18 Å². The van der Waals surface area contributed by atoms with E-state index in [0.717, 1.165) is 0 Å². The van der Waals surface area contributed by atoms with Crippen LogP contribution >= 0.6 is 12.2 Å². The Hall–Kier alpha value is -1.95. The number of hydrogen-bond donors (Lipinski definition) is 2. The van der Waals surface area contributed by atoms with Gasteiger partial charge in [-0.1, -0.05) is 18.2 Å². The number of esters is 1. The van der Waals surface area contributed by atoms with Gasteiger partial charge in [0, 0.05) is 11.3 Å². The standard InChI is InChI=1S/C13H13FN2O2S/c1-7-10(12(17)18-2)11(16-13(19)15-7)8-5-3-4-6-9(8)14/h3-6,11H,1-2H3,(H2,15,16,19). The van der Waals surface area contributed by atoms with Gasteiger partial charge in [-0.05, 0) is 25.2 Å². The van der Waals surface area contributed by atoms with Crippen molar-refractivity contribution in [1.29, 1.82) is 0 Å². The number of methoxy groups -OCH3 is 1. The fraction of sp³-hybridized carbons (Fsp3) is 0.231. The van der Waals surface area contributed by atoms with Gasteiger partial charge < -0.3 is 15.4 Å². The molecule has 0 amide bonds. The highest BCUT2D eigenvalue weighted by Crippen LogP contribution is 2.28. The number of rotatable bonds is 2. The average molecular weight is 280 g/mol. The van der Waals surface area contributed by atoms with Crippen molar-refractivity contribution in [2.24, 2.45) is 0 Å². The van der Waals surface area contributed by atoms with Crippen molar-refractivity contribution < 1.29 is 13.9 Å². The smallest absolute Gasteiger partial charge is 0.337 e. The highest BCUT2D eigenvalue weighted by molar-refractivity contribution is 7.80. The zero-order chi connectivity index (χ0) is 14.0. The number of nitrogens with one attached hydrogen (secondary N) is 2. The molecule has 1 aromatic rings. The monoisotopic (exact) mass is 280 g/mol. The van der Waals surface area contributed by atoms with E-state index in [2.05, 4.69) is 10.6 Å². The summed E-state index contributed by atoms with van der Waals surface area (Å²) >= 11 is 5.05. The highest BCUT2D eigenvalue weighted by atomic mass is 32.1. The quantitative estimate of drug-likeness (QED) is 0.639. The maximum atomic E-state index is 13.9. The Kier molecular flexibility index (Phi) is 3.80. The molecule has 4 nitrogen and oxygen atoms in total. The number of ether oxygens (including phenoxy) is 1. The van der Waals surface area contributed by atoms with Gasteiger partial charge in [0.15, 0.2) is 5.11 Å². The lowest BCUT2D eigenvalue weighted by Crippen LogP contribution is -2.45. The first-order chi connectivity index (χ1) is 9.04. The van der Waals surface area contributed by atoms with Crippen molar-refractivity contribution in [3.63, 3.8) is 0 Å². The molecule has 2 rings (SSSR count). The minimum absolute atomic E-state index is 0.321. The normalized spacial score (nSPS) is 18.7. The summed E-state index contributed by atoms with van der Waals surface area (Å²) in [5.74, 6) is -0.924. The second kappa shape index (κ2) is 5.36. The predicted octanol–water partition coefficient (Wildman–Crippen LogP) is 1.79. The van der Waals surface area contributed by atoms with Gasteiger partial charge in [-0.3, -0.25) is 0 Å². The summed E-state index contributed by atoms with van der Waals surface area (Å²) in [4.78, 5) is 11.9. The van der Waals surface area contributed by atoms with E-state index >= 15 is 0 Å². The Balaban J connectivity index is 2.53. The SMILES string of the molecule is COC(=O)C1=C(C)NC(=S)NC1c1ccccc1F. The zero-order valence-corrected chi connectivity index (χ0v) is 11.3. The largest absolute Gasteiger partial charge is 0.466 e. The lowest BCUT2D eigenvalue weighted by atomic mass is 9.95. The maximum Gasteiger partial charge on any atom is 0.337 e. The fourth-order valence-corrected chi connectivity index (χ4v) is 2.29. The van der Waals surface area contributed by atoms with E-state index in [-0.39, 0.29) is 0 Å². The van der Waals surface area contributed by atoms with E-state index in [1.54, 1.807) is 25.1 Å². The van der Waals surface area contributed by atoms with E-state index in [1.807, 2.05) is 0 Å². The van der Waals surface area contributed by atoms with Crippen LogP contribution in [0.15, 0.2) is 35.5 Å². The number of allylic oxidation sites excluding steroid dienone is 1. The Morgan fingerprint density at radius 3 is 2.74 bits per heavy atom. The second-order valence-electron chi connectivity index (χ2n) is 4.08. The van der Waals surface area contributed by atoms with Crippen LogP contribution < -0.4 is 10.6 Å². The van der Waals surface area contributed by atoms with Gasteiger partial charge in [0.05, 0.1) is 18.7 Å². The van der Waals surface area contributed by atoms with Crippen molar-refractivity contribution in [3.05, 3.63) is 46.9 Å². The van der Waals surface area contributed by atoms with Crippen LogP contribution in [0.2, 0.25) is 0 Å². The molecule has 0 saturated heterocycles. The Labute approximate surface area is 115 Å². The predicted molar refractivity (Wildman–Crippen MR) is 72.7 cm³/mol. The number of carbonyl (C=O) groups excluding carboxylic acids is 1. The third-order valence-electron chi connectivity index (χ3n) is 2.89. The summed E-state index contributed by atoms with van der Waals surface area (Å²) in [6.45, 7) is 1.70. The Morgan fingerprint density at radius 1 is 1.42 bits per heavy atom.